The number of rotatable bonds is 3. The second-order valence-corrected chi connectivity index (χ2v) is 4.38. The van der Waals surface area contributed by atoms with Crippen molar-refractivity contribution in [3.63, 3.8) is 0 Å². The van der Waals surface area contributed by atoms with Crippen LogP contribution in [0.4, 0.5) is 13.2 Å². The van der Waals surface area contributed by atoms with Crippen LogP contribution in [0.2, 0.25) is 0 Å². The maximum absolute atomic E-state index is 12.0. The number of hydrogen-bond donors (Lipinski definition) is 0. The van der Waals surface area contributed by atoms with E-state index in [0.717, 1.165) is 5.56 Å². The minimum atomic E-state index is -4.21. The maximum atomic E-state index is 12.0. The molecule has 0 saturated heterocycles. The summed E-state index contributed by atoms with van der Waals surface area (Å²) in [4.78, 5) is 0.226. The van der Waals surface area contributed by atoms with Gasteiger partial charge in [-0.15, -0.1) is 0 Å². The summed E-state index contributed by atoms with van der Waals surface area (Å²) < 4.78 is 36.0. The quantitative estimate of drug-likeness (QED) is 0.718. The van der Waals surface area contributed by atoms with E-state index in [1.54, 1.807) is 12.1 Å². The summed E-state index contributed by atoms with van der Waals surface area (Å²) in [5.41, 5.74) is -3.35. The highest BCUT2D eigenvalue weighted by molar-refractivity contribution is 8.00. The zero-order chi connectivity index (χ0) is 10.6. The first-order valence-corrected chi connectivity index (χ1v) is 5.70. The van der Waals surface area contributed by atoms with Gasteiger partial charge >= 0.3 is 5.51 Å². The van der Waals surface area contributed by atoms with Crippen LogP contribution in [0.25, 0.3) is 0 Å². The van der Waals surface area contributed by atoms with Crippen molar-refractivity contribution in [2.45, 2.75) is 16.2 Å². The molecule has 0 bridgehead atoms. The molecule has 1 rings (SSSR count). The molecule has 0 aromatic heterocycles. The van der Waals surface area contributed by atoms with E-state index in [1.807, 2.05) is 0 Å². The SMILES string of the molecule is [CH2]SCc1cccc(SC(F)(F)F)c1. The van der Waals surface area contributed by atoms with E-state index >= 15 is 0 Å². The fraction of sp³-hybridized carbons (Fsp3) is 0.222. The third kappa shape index (κ3) is 4.28. The third-order valence-corrected chi connectivity index (χ3v) is 2.66. The summed E-state index contributed by atoms with van der Waals surface area (Å²) in [7, 11) is 0. The summed E-state index contributed by atoms with van der Waals surface area (Å²) in [6, 6.07) is 6.41. The summed E-state index contributed by atoms with van der Waals surface area (Å²) in [6.07, 6.45) is 3.57. The molecule has 1 aromatic rings. The molecule has 77 valence electrons. The van der Waals surface area contributed by atoms with Crippen LogP contribution in [0.3, 0.4) is 0 Å². The van der Waals surface area contributed by atoms with Crippen molar-refractivity contribution in [1.29, 1.82) is 0 Å². The fourth-order valence-electron chi connectivity index (χ4n) is 0.950. The summed E-state index contributed by atoms with van der Waals surface area (Å²) in [5, 5.41) is 0. The van der Waals surface area contributed by atoms with Crippen molar-refractivity contribution in [3.05, 3.63) is 36.1 Å². The molecule has 1 aromatic carbocycles. The van der Waals surface area contributed by atoms with Crippen LogP contribution in [0.5, 0.6) is 0 Å². The van der Waals surface area contributed by atoms with Crippen LogP contribution in [-0.2, 0) is 5.75 Å². The van der Waals surface area contributed by atoms with Crippen LogP contribution in [0, 0.1) is 6.26 Å². The lowest BCUT2D eigenvalue weighted by Crippen LogP contribution is -1.99. The van der Waals surface area contributed by atoms with Gasteiger partial charge in [0.15, 0.2) is 0 Å². The van der Waals surface area contributed by atoms with Crippen LogP contribution in [0.1, 0.15) is 5.56 Å². The molecular formula is C9H8F3S2. The molecule has 0 fully saturated rings. The Morgan fingerprint density at radius 1 is 1.29 bits per heavy atom. The van der Waals surface area contributed by atoms with Gasteiger partial charge in [-0.05, 0) is 29.5 Å². The predicted molar refractivity (Wildman–Crippen MR) is 55.0 cm³/mol. The van der Waals surface area contributed by atoms with Crippen molar-refractivity contribution >= 4 is 23.5 Å². The molecule has 0 aliphatic carbocycles. The zero-order valence-electron chi connectivity index (χ0n) is 7.17. The first-order chi connectivity index (χ1) is 6.51. The highest BCUT2D eigenvalue weighted by atomic mass is 32.2. The van der Waals surface area contributed by atoms with Crippen LogP contribution in [-0.4, -0.2) is 5.51 Å². The highest BCUT2D eigenvalue weighted by Crippen LogP contribution is 2.37. The van der Waals surface area contributed by atoms with E-state index in [9.17, 15) is 13.2 Å². The van der Waals surface area contributed by atoms with Crippen molar-refractivity contribution in [3.8, 4) is 0 Å². The Hall–Kier alpha value is -0.290. The molecular weight excluding hydrogens is 229 g/mol. The van der Waals surface area contributed by atoms with Crippen molar-refractivity contribution < 1.29 is 13.2 Å². The fourth-order valence-corrected chi connectivity index (χ4v) is 1.99. The first kappa shape index (κ1) is 11.8. The third-order valence-electron chi connectivity index (χ3n) is 1.40. The van der Waals surface area contributed by atoms with Gasteiger partial charge in [0.2, 0.25) is 0 Å². The number of halogens is 3. The van der Waals surface area contributed by atoms with Crippen LogP contribution >= 0.6 is 23.5 Å². The molecule has 0 atom stereocenters. The van der Waals surface area contributed by atoms with E-state index < -0.39 is 5.51 Å². The number of thioether (sulfide) groups is 2. The predicted octanol–water partition coefficient (Wildman–Crippen LogP) is 4.32. The molecule has 5 heteroatoms. The van der Waals surface area contributed by atoms with Gasteiger partial charge in [0.05, 0.1) is 0 Å². The largest absolute Gasteiger partial charge is 0.446 e. The average molecular weight is 237 g/mol. The number of alkyl halides is 3. The Morgan fingerprint density at radius 3 is 2.57 bits per heavy atom. The number of hydrogen-bond acceptors (Lipinski definition) is 2. The van der Waals surface area contributed by atoms with Crippen LogP contribution < -0.4 is 0 Å². The maximum Gasteiger partial charge on any atom is 0.446 e. The molecule has 0 unspecified atom stereocenters. The molecule has 0 saturated carbocycles. The molecule has 0 heterocycles. The molecule has 0 N–H and O–H groups in total. The van der Waals surface area contributed by atoms with Gasteiger partial charge in [-0.1, -0.05) is 12.1 Å². The van der Waals surface area contributed by atoms with Crippen molar-refractivity contribution in [1.82, 2.24) is 0 Å². The van der Waals surface area contributed by atoms with Gasteiger partial charge in [-0.25, -0.2) is 0 Å². The van der Waals surface area contributed by atoms with Crippen molar-refractivity contribution in [2.75, 3.05) is 0 Å². The standard InChI is InChI=1S/C9H8F3S2/c1-13-6-7-3-2-4-8(5-7)14-9(10,11)12/h2-5H,1,6H2. The van der Waals surface area contributed by atoms with E-state index in [-0.39, 0.29) is 16.7 Å². The minimum Gasteiger partial charge on any atom is -0.160 e. The summed E-state index contributed by atoms with van der Waals surface area (Å²) >= 11 is 1.25. The lowest BCUT2D eigenvalue weighted by atomic mass is 10.2. The minimum absolute atomic E-state index is 0.0889. The van der Waals surface area contributed by atoms with Crippen LogP contribution in [0.15, 0.2) is 29.2 Å². The molecule has 0 aliphatic heterocycles. The van der Waals surface area contributed by atoms with Crippen molar-refractivity contribution in [2.24, 2.45) is 0 Å². The van der Waals surface area contributed by atoms with Gasteiger partial charge in [0.25, 0.3) is 0 Å². The van der Waals surface area contributed by atoms with Gasteiger partial charge in [-0.3, -0.25) is 0 Å². The second-order valence-electron chi connectivity index (χ2n) is 2.54. The lowest BCUT2D eigenvalue weighted by Gasteiger charge is -2.06. The average Bonchev–Trinajstić information content (AvgIpc) is 2.02. The number of benzene rings is 1. The Balaban J connectivity index is 2.73. The second kappa shape index (κ2) is 4.98. The topological polar surface area (TPSA) is 0 Å². The summed E-state index contributed by atoms with van der Waals surface area (Å²) in [6.45, 7) is 0. The summed E-state index contributed by atoms with van der Waals surface area (Å²) in [5.74, 6) is 0.631. The molecule has 0 aliphatic rings. The smallest absolute Gasteiger partial charge is 0.160 e. The molecule has 0 nitrogen and oxygen atoms in total. The lowest BCUT2D eigenvalue weighted by molar-refractivity contribution is -0.0328. The van der Waals surface area contributed by atoms with Gasteiger partial charge < -0.3 is 0 Å². The van der Waals surface area contributed by atoms with Gasteiger partial charge in [0, 0.05) is 16.9 Å². The Labute approximate surface area is 89.3 Å². The monoisotopic (exact) mass is 237 g/mol. The Morgan fingerprint density at radius 2 is 2.00 bits per heavy atom. The Kier molecular flexibility index (Phi) is 4.19. The van der Waals surface area contributed by atoms with E-state index in [4.69, 9.17) is 0 Å². The van der Waals surface area contributed by atoms with E-state index in [1.165, 1.54) is 23.9 Å². The molecule has 0 spiro atoms. The molecule has 0 amide bonds. The van der Waals surface area contributed by atoms with E-state index in [2.05, 4.69) is 6.26 Å². The normalized spacial score (nSPS) is 11.7. The van der Waals surface area contributed by atoms with E-state index in [0.29, 0.717) is 5.75 Å². The molecule has 14 heavy (non-hydrogen) atoms. The Bertz CT molecular complexity index is 296. The van der Waals surface area contributed by atoms with Gasteiger partial charge in [-0.2, -0.15) is 24.9 Å². The zero-order valence-corrected chi connectivity index (χ0v) is 8.81. The highest BCUT2D eigenvalue weighted by Gasteiger charge is 2.29. The molecule has 1 radical (unpaired) electrons. The van der Waals surface area contributed by atoms with Gasteiger partial charge in [0.1, 0.15) is 0 Å². The first-order valence-electron chi connectivity index (χ1n) is 3.73.